The first-order chi connectivity index (χ1) is 9.56. The third kappa shape index (κ3) is 3.91. The van der Waals surface area contributed by atoms with Crippen molar-refractivity contribution < 1.29 is 4.79 Å². The lowest BCUT2D eigenvalue weighted by Crippen LogP contribution is -2.44. The number of piperazine rings is 1. The second-order valence-electron chi connectivity index (χ2n) is 5.32. The van der Waals surface area contributed by atoms with Crippen LogP contribution in [0.3, 0.4) is 0 Å². The molecule has 2 rings (SSSR count). The van der Waals surface area contributed by atoms with Crippen LogP contribution in [0, 0.1) is 0 Å². The van der Waals surface area contributed by atoms with Crippen molar-refractivity contribution >= 4 is 11.7 Å². The van der Waals surface area contributed by atoms with Gasteiger partial charge in [-0.2, -0.15) is 0 Å². The lowest BCUT2D eigenvalue weighted by Gasteiger charge is -2.33. The molecule has 1 amide bonds. The Labute approximate surface area is 120 Å². The maximum absolute atomic E-state index is 11.4. The van der Waals surface area contributed by atoms with E-state index >= 15 is 0 Å². The molecule has 1 saturated heterocycles. The van der Waals surface area contributed by atoms with E-state index < -0.39 is 6.04 Å². The Morgan fingerprint density at radius 3 is 2.65 bits per heavy atom. The summed E-state index contributed by atoms with van der Waals surface area (Å²) >= 11 is 0. The number of nitrogens with two attached hydrogens (primary N) is 1. The molecule has 1 fully saturated rings. The van der Waals surface area contributed by atoms with Crippen LogP contribution in [-0.4, -0.2) is 55.1 Å². The Morgan fingerprint density at radius 1 is 1.40 bits per heavy atom. The molecule has 20 heavy (non-hydrogen) atoms. The van der Waals surface area contributed by atoms with Gasteiger partial charge in [0.05, 0.1) is 6.04 Å². The summed E-state index contributed by atoms with van der Waals surface area (Å²) in [7, 11) is 2.13. The minimum Gasteiger partial charge on any atom is -0.354 e. The van der Waals surface area contributed by atoms with E-state index in [0.717, 1.165) is 37.6 Å². The van der Waals surface area contributed by atoms with Gasteiger partial charge in [0.15, 0.2) is 0 Å². The van der Waals surface area contributed by atoms with Gasteiger partial charge < -0.3 is 20.9 Å². The Morgan fingerprint density at radius 2 is 2.10 bits per heavy atom. The average Bonchev–Trinajstić information content (AvgIpc) is 2.46. The highest BCUT2D eigenvalue weighted by atomic mass is 16.2. The second kappa shape index (κ2) is 6.67. The van der Waals surface area contributed by atoms with Gasteiger partial charge >= 0.3 is 0 Å². The minimum absolute atomic E-state index is 0.145. The van der Waals surface area contributed by atoms with Crippen molar-refractivity contribution in [3.8, 4) is 0 Å². The van der Waals surface area contributed by atoms with Crippen molar-refractivity contribution in [2.24, 2.45) is 5.73 Å². The molecule has 0 bridgehead atoms. The van der Waals surface area contributed by atoms with Crippen molar-refractivity contribution in [3.63, 3.8) is 0 Å². The monoisotopic (exact) mass is 277 g/mol. The van der Waals surface area contributed by atoms with Crippen LogP contribution in [-0.2, 0) is 11.3 Å². The van der Waals surface area contributed by atoms with E-state index in [-0.39, 0.29) is 5.91 Å². The van der Waals surface area contributed by atoms with Crippen LogP contribution < -0.4 is 16.0 Å². The number of anilines is 1. The third-order valence-corrected chi connectivity index (χ3v) is 3.52. The van der Waals surface area contributed by atoms with Gasteiger partial charge in [0.2, 0.25) is 5.91 Å². The summed E-state index contributed by atoms with van der Waals surface area (Å²) in [5, 5.41) is 2.78. The van der Waals surface area contributed by atoms with Gasteiger partial charge in [0.1, 0.15) is 5.82 Å². The second-order valence-corrected chi connectivity index (χ2v) is 5.32. The summed E-state index contributed by atoms with van der Waals surface area (Å²) in [5.74, 6) is 0.855. The first-order valence-corrected chi connectivity index (χ1v) is 6.98. The number of nitrogens with one attached hydrogen (secondary N) is 1. The van der Waals surface area contributed by atoms with Crippen molar-refractivity contribution in [1.82, 2.24) is 15.2 Å². The van der Waals surface area contributed by atoms with E-state index in [9.17, 15) is 4.79 Å². The van der Waals surface area contributed by atoms with Crippen molar-refractivity contribution in [3.05, 3.63) is 23.9 Å². The number of aromatic nitrogens is 1. The van der Waals surface area contributed by atoms with Gasteiger partial charge in [0, 0.05) is 38.9 Å². The van der Waals surface area contributed by atoms with Crippen LogP contribution in [0.1, 0.15) is 12.5 Å². The topological polar surface area (TPSA) is 74.5 Å². The molecule has 1 aromatic heterocycles. The fraction of sp³-hybridized carbons (Fsp3) is 0.571. The van der Waals surface area contributed by atoms with Gasteiger partial charge in [-0.05, 0) is 25.6 Å². The van der Waals surface area contributed by atoms with Gasteiger partial charge in [-0.25, -0.2) is 4.98 Å². The molecular formula is C14H23N5O. The summed E-state index contributed by atoms with van der Waals surface area (Å²) in [5.41, 5.74) is 6.48. The zero-order valence-electron chi connectivity index (χ0n) is 12.2. The van der Waals surface area contributed by atoms with Crippen LogP contribution in [0.5, 0.6) is 0 Å². The number of amides is 1. The van der Waals surface area contributed by atoms with E-state index in [1.165, 1.54) is 0 Å². The number of nitrogens with zero attached hydrogens (tertiary/aromatic N) is 3. The molecule has 1 unspecified atom stereocenters. The number of likely N-dealkylation sites (N-methyl/N-ethyl adjacent to an activating group) is 1. The van der Waals surface area contributed by atoms with Gasteiger partial charge in [-0.15, -0.1) is 0 Å². The molecule has 6 heteroatoms. The molecule has 110 valence electrons. The summed E-state index contributed by atoms with van der Waals surface area (Å²) in [4.78, 5) is 20.5. The molecule has 0 spiro atoms. The van der Waals surface area contributed by atoms with Crippen LogP contribution in [0.15, 0.2) is 18.3 Å². The maximum Gasteiger partial charge on any atom is 0.236 e. The van der Waals surface area contributed by atoms with Crippen LogP contribution >= 0.6 is 0 Å². The smallest absolute Gasteiger partial charge is 0.236 e. The van der Waals surface area contributed by atoms with Crippen molar-refractivity contribution in [2.75, 3.05) is 38.1 Å². The third-order valence-electron chi connectivity index (χ3n) is 3.52. The number of hydrogen-bond donors (Lipinski definition) is 2. The molecule has 6 nitrogen and oxygen atoms in total. The number of rotatable bonds is 4. The molecule has 3 N–H and O–H groups in total. The first-order valence-electron chi connectivity index (χ1n) is 6.98. The Kier molecular flexibility index (Phi) is 4.92. The first kappa shape index (κ1) is 14.7. The van der Waals surface area contributed by atoms with Crippen LogP contribution in [0.4, 0.5) is 5.82 Å². The molecule has 1 aliphatic heterocycles. The fourth-order valence-electron chi connectivity index (χ4n) is 2.09. The predicted molar refractivity (Wildman–Crippen MR) is 79.4 cm³/mol. The lowest BCUT2D eigenvalue weighted by molar-refractivity contribution is -0.122. The highest BCUT2D eigenvalue weighted by Crippen LogP contribution is 2.13. The largest absolute Gasteiger partial charge is 0.354 e. The highest BCUT2D eigenvalue weighted by molar-refractivity contribution is 5.80. The molecule has 0 aliphatic carbocycles. The summed E-state index contributed by atoms with van der Waals surface area (Å²) in [6.07, 6.45) is 1.81. The van der Waals surface area contributed by atoms with E-state index in [4.69, 9.17) is 5.73 Å². The van der Waals surface area contributed by atoms with Crippen LogP contribution in [0.2, 0.25) is 0 Å². The van der Waals surface area contributed by atoms with Crippen LogP contribution in [0.25, 0.3) is 0 Å². The predicted octanol–water partition coefficient (Wildman–Crippen LogP) is -0.203. The normalized spacial score (nSPS) is 17.9. The summed E-state index contributed by atoms with van der Waals surface area (Å²) in [6.45, 7) is 6.27. The summed E-state index contributed by atoms with van der Waals surface area (Å²) < 4.78 is 0. The number of hydrogen-bond acceptors (Lipinski definition) is 5. The number of pyridine rings is 1. The Hall–Kier alpha value is -1.66. The zero-order valence-corrected chi connectivity index (χ0v) is 12.2. The molecule has 1 aliphatic rings. The standard InChI is InChI=1S/C14H23N5O/c1-11(15)14(20)17-10-12-3-4-13(16-9-12)19-7-5-18(2)6-8-19/h3-4,9,11H,5-8,10,15H2,1-2H3,(H,17,20). The zero-order chi connectivity index (χ0) is 14.5. The molecule has 1 aromatic rings. The molecular weight excluding hydrogens is 254 g/mol. The van der Waals surface area contributed by atoms with E-state index in [1.807, 2.05) is 18.3 Å². The average molecular weight is 277 g/mol. The summed E-state index contributed by atoms with van der Waals surface area (Å²) in [6, 6.07) is 3.54. The van der Waals surface area contributed by atoms with Gasteiger partial charge in [0.25, 0.3) is 0 Å². The lowest BCUT2D eigenvalue weighted by atomic mass is 10.2. The molecule has 2 heterocycles. The highest BCUT2D eigenvalue weighted by Gasteiger charge is 2.15. The van der Waals surface area contributed by atoms with E-state index in [2.05, 4.69) is 27.1 Å². The molecule has 0 radical (unpaired) electrons. The quantitative estimate of drug-likeness (QED) is 0.797. The molecule has 0 aromatic carbocycles. The van der Waals surface area contributed by atoms with Crippen molar-refractivity contribution in [1.29, 1.82) is 0 Å². The molecule has 1 atom stereocenters. The Balaban J connectivity index is 1.88. The number of carbonyl (C=O) groups excluding carboxylic acids is 1. The SMILES string of the molecule is CC(N)C(=O)NCc1ccc(N2CCN(C)CC2)nc1. The number of carbonyl (C=O) groups is 1. The van der Waals surface area contributed by atoms with Gasteiger partial charge in [-0.3, -0.25) is 4.79 Å². The minimum atomic E-state index is -0.479. The van der Waals surface area contributed by atoms with Gasteiger partial charge in [-0.1, -0.05) is 6.07 Å². The van der Waals surface area contributed by atoms with E-state index in [1.54, 1.807) is 6.92 Å². The Bertz CT molecular complexity index is 437. The van der Waals surface area contributed by atoms with E-state index in [0.29, 0.717) is 6.54 Å². The van der Waals surface area contributed by atoms with Crippen molar-refractivity contribution in [2.45, 2.75) is 19.5 Å². The molecule has 0 saturated carbocycles. The fourth-order valence-corrected chi connectivity index (χ4v) is 2.09. The maximum atomic E-state index is 11.4.